The third kappa shape index (κ3) is 2.21. The van der Waals surface area contributed by atoms with Crippen LogP contribution in [0, 0.1) is 13.8 Å². The molecule has 0 amide bonds. The smallest absolute Gasteiger partial charge is 0.267 e. The summed E-state index contributed by atoms with van der Waals surface area (Å²) in [6, 6.07) is 6.78. The second-order valence-electron chi connectivity index (χ2n) is 3.74. The van der Waals surface area contributed by atoms with E-state index in [0.717, 1.165) is 11.4 Å². The van der Waals surface area contributed by atoms with Crippen LogP contribution in [0.25, 0.3) is 0 Å². The Hall–Kier alpha value is -1.32. The van der Waals surface area contributed by atoms with Crippen LogP contribution in [0.15, 0.2) is 24.3 Å². The first-order chi connectivity index (χ1) is 8.00. The number of carbonyl (C=O) groups is 1. The Balaban J connectivity index is 2.55. The summed E-state index contributed by atoms with van der Waals surface area (Å²) < 4.78 is 1.31. The van der Waals surface area contributed by atoms with Crippen molar-refractivity contribution in [3.63, 3.8) is 0 Å². The van der Waals surface area contributed by atoms with Crippen LogP contribution < -0.4 is 0 Å². The first kappa shape index (κ1) is 12.1. The highest BCUT2D eigenvalue weighted by Gasteiger charge is 2.18. The molecule has 0 unspecified atom stereocenters. The predicted octanol–water partition coefficient (Wildman–Crippen LogP) is 3.50. The maximum absolute atomic E-state index is 12.3. The average molecular weight is 269 g/mol. The molecule has 2 rings (SSSR count). The number of hydrogen-bond acceptors (Lipinski definition) is 2. The van der Waals surface area contributed by atoms with Crippen molar-refractivity contribution < 1.29 is 4.79 Å². The van der Waals surface area contributed by atoms with Gasteiger partial charge in [-0.2, -0.15) is 5.10 Å². The lowest BCUT2D eigenvalue weighted by Crippen LogP contribution is -2.16. The van der Waals surface area contributed by atoms with Gasteiger partial charge in [0, 0.05) is 5.69 Å². The van der Waals surface area contributed by atoms with Gasteiger partial charge in [0.2, 0.25) is 0 Å². The van der Waals surface area contributed by atoms with Crippen LogP contribution in [0.4, 0.5) is 0 Å². The number of aryl methyl sites for hydroxylation is 2. The van der Waals surface area contributed by atoms with Gasteiger partial charge in [-0.1, -0.05) is 29.3 Å². The monoisotopic (exact) mass is 268 g/mol. The summed E-state index contributed by atoms with van der Waals surface area (Å²) in [5.41, 5.74) is 1.81. The molecule has 0 saturated heterocycles. The van der Waals surface area contributed by atoms with Crippen LogP contribution in [-0.4, -0.2) is 15.7 Å². The van der Waals surface area contributed by atoms with E-state index in [9.17, 15) is 4.79 Å². The van der Waals surface area contributed by atoms with E-state index in [4.69, 9.17) is 23.2 Å². The normalized spacial score (nSPS) is 10.6. The van der Waals surface area contributed by atoms with Gasteiger partial charge in [-0.3, -0.25) is 4.79 Å². The number of hydrogen-bond donors (Lipinski definition) is 0. The summed E-state index contributed by atoms with van der Waals surface area (Å²) in [5.74, 6) is -0.314. The lowest BCUT2D eigenvalue weighted by Gasteiger charge is -2.06. The zero-order valence-electron chi connectivity index (χ0n) is 9.37. The second-order valence-corrected chi connectivity index (χ2v) is 4.56. The van der Waals surface area contributed by atoms with Crippen molar-refractivity contribution in [3.8, 4) is 0 Å². The Morgan fingerprint density at radius 1 is 1.24 bits per heavy atom. The Labute approximate surface area is 109 Å². The van der Waals surface area contributed by atoms with Gasteiger partial charge in [0.25, 0.3) is 5.91 Å². The fourth-order valence-electron chi connectivity index (χ4n) is 1.64. The van der Waals surface area contributed by atoms with Crippen molar-refractivity contribution in [1.29, 1.82) is 0 Å². The fourth-order valence-corrected chi connectivity index (χ4v) is 2.20. The quantitative estimate of drug-likeness (QED) is 0.794. The van der Waals surface area contributed by atoms with Crippen LogP contribution in [0.3, 0.4) is 0 Å². The molecule has 0 spiro atoms. The summed E-state index contributed by atoms with van der Waals surface area (Å²) in [4.78, 5) is 12.3. The van der Waals surface area contributed by atoms with Gasteiger partial charge < -0.3 is 0 Å². The van der Waals surface area contributed by atoms with Crippen molar-refractivity contribution in [2.24, 2.45) is 0 Å². The van der Waals surface area contributed by atoms with E-state index in [1.54, 1.807) is 18.2 Å². The van der Waals surface area contributed by atoms with Crippen molar-refractivity contribution in [1.82, 2.24) is 9.78 Å². The minimum Gasteiger partial charge on any atom is -0.267 e. The first-order valence-corrected chi connectivity index (χ1v) is 5.78. The van der Waals surface area contributed by atoms with Gasteiger partial charge in [-0.25, -0.2) is 4.68 Å². The molecule has 88 valence electrons. The molecule has 3 nitrogen and oxygen atoms in total. The molecule has 0 aliphatic heterocycles. The molecule has 2 aromatic rings. The lowest BCUT2D eigenvalue weighted by molar-refractivity contribution is 0.0942. The molecule has 0 aliphatic carbocycles. The van der Waals surface area contributed by atoms with E-state index in [2.05, 4.69) is 5.10 Å². The van der Waals surface area contributed by atoms with Crippen LogP contribution in [0.2, 0.25) is 10.0 Å². The third-order valence-electron chi connectivity index (χ3n) is 2.38. The maximum atomic E-state index is 12.3. The molecule has 0 saturated carbocycles. The highest BCUT2D eigenvalue weighted by Crippen LogP contribution is 2.25. The van der Waals surface area contributed by atoms with Gasteiger partial charge >= 0.3 is 0 Å². The molecule has 1 heterocycles. The lowest BCUT2D eigenvalue weighted by atomic mass is 10.2. The molecule has 0 radical (unpaired) electrons. The number of nitrogens with zero attached hydrogens (tertiary/aromatic N) is 2. The highest BCUT2D eigenvalue weighted by atomic mass is 35.5. The Morgan fingerprint density at radius 3 is 2.29 bits per heavy atom. The van der Waals surface area contributed by atoms with Crippen LogP contribution >= 0.6 is 23.2 Å². The van der Waals surface area contributed by atoms with E-state index in [1.165, 1.54) is 4.68 Å². The van der Waals surface area contributed by atoms with Crippen molar-refractivity contribution >= 4 is 29.1 Å². The number of halogens is 2. The average Bonchev–Trinajstić information content (AvgIpc) is 2.57. The molecule has 17 heavy (non-hydrogen) atoms. The predicted molar refractivity (Wildman–Crippen MR) is 67.9 cm³/mol. The molecular weight excluding hydrogens is 259 g/mol. The van der Waals surface area contributed by atoms with Crippen molar-refractivity contribution in [2.45, 2.75) is 13.8 Å². The summed E-state index contributed by atoms with van der Waals surface area (Å²) in [6.45, 7) is 3.63. The number of rotatable bonds is 1. The molecular formula is C12H10Cl2N2O. The zero-order valence-corrected chi connectivity index (χ0v) is 10.9. The molecule has 5 heteroatoms. The van der Waals surface area contributed by atoms with E-state index >= 15 is 0 Å². The van der Waals surface area contributed by atoms with Crippen molar-refractivity contribution in [3.05, 3.63) is 51.3 Å². The molecule has 0 atom stereocenters. The minimum atomic E-state index is -0.314. The third-order valence-corrected chi connectivity index (χ3v) is 3.01. The Morgan fingerprint density at radius 2 is 1.82 bits per heavy atom. The molecule has 1 aromatic heterocycles. The van der Waals surface area contributed by atoms with Crippen LogP contribution in [0.1, 0.15) is 21.7 Å². The van der Waals surface area contributed by atoms with Gasteiger partial charge in [-0.15, -0.1) is 0 Å². The van der Waals surface area contributed by atoms with Crippen LogP contribution in [0.5, 0.6) is 0 Å². The first-order valence-electron chi connectivity index (χ1n) is 5.02. The van der Waals surface area contributed by atoms with E-state index < -0.39 is 0 Å². The van der Waals surface area contributed by atoms with Gasteiger partial charge in [0.15, 0.2) is 0 Å². The number of carbonyl (C=O) groups excluding carboxylic acids is 1. The van der Waals surface area contributed by atoms with E-state index in [-0.39, 0.29) is 11.5 Å². The van der Waals surface area contributed by atoms with Gasteiger partial charge in [0.1, 0.15) is 0 Å². The Bertz CT molecular complexity index is 570. The summed E-state index contributed by atoms with van der Waals surface area (Å²) >= 11 is 12.0. The minimum absolute atomic E-state index is 0.280. The van der Waals surface area contributed by atoms with E-state index in [0.29, 0.717) is 10.0 Å². The SMILES string of the molecule is Cc1cc(C)n(C(=O)c2c(Cl)cccc2Cl)n1. The van der Waals surface area contributed by atoms with Gasteiger partial charge in [-0.05, 0) is 32.0 Å². The molecule has 0 bridgehead atoms. The topological polar surface area (TPSA) is 34.9 Å². The highest BCUT2D eigenvalue weighted by molar-refractivity contribution is 6.39. The van der Waals surface area contributed by atoms with Gasteiger partial charge in [0.05, 0.1) is 21.3 Å². The summed E-state index contributed by atoms with van der Waals surface area (Å²) in [6.07, 6.45) is 0. The molecule has 0 N–H and O–H groups in total. The molecule has 0 fully saturated rings. The largest absolute Gasteiger partial charge is 0.281 e. The Kier molecular flexibility index (Phi) is 3.22. The molecule has 0 aliphatic rings. The fraction of sp³-hybridized carbons (Fsp3) is 0.167. The zero-order chi connectivity index (χ0) is 12.6. The molecule has 1 aromatic carbocycles. The maximum Gasteiger partial charge on any atom is 0.281 e. The standard InChI is InChI=1S/C12H10Cl2N2O/c1-7-6-8(2)16(15-7)12(17)11-9(13)4-3-5-10(11)14/h3-6H,1-2H3. The summed E-state index contributed by atoms with van der Waals surface area (Å²) in [7, 11) is 0. The second kappa shape index (κ2) is 4.51. The summed E-state index contributed by atoms with van der Waals surface area (Å²) in [5, 5.41) is 4.78. The van der Waals surface area contributed by atoms with E-state index in [1.807, 2.05) is 19.9 Å². The van der Waals surface area contributed by atoms with Crippen LogP contribution in [-0.2, 0) is 0 Å². The number of aromatic nitrogens is 2. The van der Waals surface area contributed by atoms with Crippen molar-refractivity contribution in [2.75, 3.05) is 0 Å². The number of benzene rings is 1.